The average molecular weight is 369 g/mol. The Balaban J connectivity index is 2.01. The summed E-state index contributed by atoms with van der Waals surface area (Å²) in [6.07, 6.45) is -4.76. The van der Waals surface area contributed by atoms with Gasteiger partial charge in [0.1, 0.15) is 5.75 Å². The molecule has 0 saturated carbocycles. The maximum Gasteiger partial charge on any atom is 0.573 e. The number of carbonyl (C=O) groups excluding carboxylic acids is 1. The maximum absolute atomic E-state index is 12.1. The van der Waals surface area contributed by atoms with Crippen LogP contribution in [0.15, 0.2) is 22.7 Å². The molecule has 0 aliphatic carbocycles. The van der Waals surface area contributed by atoms with Gasteiger partial charge in [-0.2, -0.15) is 0 Å². The summed E-state index contributed by atoms with van der Waals surface area (Å²) in [4.78, 5) is 13.5. The van der Waals surface area contributed by atoms with Crippen LogP contribution in [0.5, 0.6) is 5.75 Å². The second-order valence-corrected chi connectivity index (χ2v) is 5.08. The molecule has 21 heavy (non-hydrogen) atoms. The van der Waals surface area contributed by atoms with Crippen molar-refractivity contribution in [1.82, 2.24) is 4.90 Å². The Morgan fingerprint density at radius 1 is 1.33 bits per heavy atom. The van der Waals surface area contributed by atoms with Crippen LogP contribution < -0.4 is 10.1 Å². The van der Waals surface area contributed by atoms with Crippen LogP contribution in [-0.4, -0.2) is 43.6 Å². The fourth-order valence-corrected chi connectivity index (χ4v) is 2.21. The van der Waals surface area contributed by atoms with Crippen molar-refractivity contribution in [2.75, 3.05) is 31.6 Å². The first-order valence-electron chi connectivity index (χ1n) is 6.04. The molecule has 5 nitrogen and oxygen atoms in total. The smallest absolute Gasteiger partial charge is 0.405 e. The number of nitrogens with zero attached hydrogens (tertiary/aromatic N) is 1. The summed E-state index contributed by atoms with van der Waals surface area (Å²) < 4.78 is 45.5. The van der Waals surface area contributed by atoms with Crippen LogP contribution in [0, 0.1) is 0 Å². The summed E-state index contributed by atoms with van der Waals surface area (Å²) in [5, 5.41) is 2.61. The van der Waals surface area contributed by atoms with E-state index >= 15 is 0 Å². The van der Waals surface area contributed by atoms with Crippen LogP contribution in [0.3, 0.4) is 0 Å². The first kappa shape index (κ1) is 15.9. The minimum Gasteiger partial charge on any atom is -0.405 e. The lowest BCUT2D eigenvalue weighted by molar-refractivity contribution is -0.274. The van der Waals surface area contributed by atoms with Gasteiger partial charge in [-0.3, -0.25) is 0 Å². The van der Waals surface area contributed by atoms with Crippen LogP contribution in [0.25, 0.3) is 0 Å². The second-order valence-electron chi connectivity index (χ2n) is 4.22. The van der Waals surface area contributed by atoms with Gasteiger partial charge in [0.05, 0.1) is 17.7 Å². The number of alkyl halides is 3. The molecule has 1 heterocycles. The predicted octanol–water partition coefficient (Wildman–Crippen LogP) is 3.21. The van der Waals surface area contributed by atoms with E-state index in [-0.39, 0.29) is 16.3 Å². The van der Waals surface area contributed by atoms with Gasteiger partial charge in [0.15, 0.2) is 0 Å². The van der Waals surface area contributed by atoms with Gasteiger partial charge >= 0.3 is 12.4 Å². The molecule has 1 saturated heterocycles. The molecule has 0 aromatic heterocycles. The zero-order valence-corrected chi connectivity index (χ0v) is 12.3. The van der Waals surface area contributed by atoms with Gasteiger partial charge < -0.3 is 19.7 Å². The summed E-state index contributed by atoms with van der Waals surface area (Å²) in [7, 11) is 0. The van der Waals surface area contributed by atoms with Crippen molar-refractivity contribution in [3.05, 3.63) is 22.7 Å². The highest BCUT2D eigenvalue weighted by Gasteiger charge is 2.32. The summed E-state index contributed by atoms with van der Waals surface area (Å²) in [5.41, 5.74) is 0.368. The molecule has 2 rings (SSSR count). The third-order valence-electron chi connectivity index (χ3n) is 2.71. The number of anilines is 1. The Hall–Kier alpha value is -1.48. The van der Waals surface area contributed by atoms with E-state index in [2.05, 4.69) is 26.0 Å². The monoisotopic (exact) mass is 368 g/mol. The number of nitrogens with one attached hydrogen (secondary N) is 1. The number of hydrogen-bond donors (Lipinski definition) is 1. The van der Waals surface area contributed by atoms with Crippen molar-refractivity contribution in [2.24, 2.45) is 0 Å². The molecular weight excluding hydrogens is 357 g/mol. The number of carbonyl (C=O) groups is 1. The molecule has 0 spiro atoms. The fraction of sp³-hybridized carbons (Fsp3) is 0.417. The average Bonchev–Trinajstić information content (AvgIpc) is 2.41. The summed E-state index contributed by atoms with van der Waals surface area (Å²) in [5.74, 6) is -0.369. The highest BCUT2D eigenvalue weighted by Crippen LogP contribution is 2.32. The van der Waals surface area contributed by atoms with Gasteiger partial charge in [-0.25, -0.2) is 4.79 Å². The number of amides is 2. The normalized spacial score (nSPS) is 15.7. The SMILES string of the molecule is O=C(Nc1ccc(OC(F)(F)F)c(Br)c1)N1CCOCC1. The molecule has 1 aromatic carbocycles. The number of halogens is 4. The fourth-order valence-electron chi connectivity index (χ4n) is 1.76. The molecule has 1 aromatic rings. The summed E-state index contributed by atoms with van der Waals surface area (Å²) in [6.45, 7) is 1.88. The number of morpholine rings is 1. The molecule has 1 N–H and O–H groups in total. The highest BCUT2D eigenvalue weighted by molar-refractivity contribution is 9.10. The maximum atomic E-state index is 12.1. The highest BCUT2D eigenvalue weighted by atomic mass is 79.9. The third-order valence-corrected chi connectivity index (χ3v) is 3.33. The number of hydrogen-bond acceptors (Lipinski definition) is 3. The van der Waals surface area contributed by atoms with Crippen LogP contribution in [-0.2, 0) is 4.74 Å². The van der Waals surface area contributed by atoms with Crippen LogP contribution in [0.1, 0.15) is 0 Å². The van der Waals surface area contributed by atoms with Crippen molar-refractivity contribution in [1.29, 1.82) is 0 Å². The first-order valence-corrected chi connectivity index (χ1v) is 6.83. The molecule has 1 fully saturated rings. The van der Waals surface area contributed by atoms with Crippen LogP contribution in [0.2, 0.25) is 0 Å². The molecule has 0 unspecified atom stereocenters. The molecule has 0 atom stereocenters. The van der Waals surface area contributed by atoms with Gasteiger partial charge in [0, 0.05) is 18.8 Å². The molecule has 0 bridgehead atoms. The largest absolute Gasteiger partial charge is 0.573 e. The van der Waals surface area contributed by atoms with Crippen molar-refractivity contribution in [3.63, 3.8) is 0 Å². The minimum atomic E-state index is -4.76. The zero-order chi connectivity index (χ0) is 15.5. The predicted molar refractivity (Wildman–Crippen MR) is 72.2 cm³/mol. The van der Waals surface area contributed by atoms with E-state index in [0.29, 0.717) is 32.0 Å². The lowest BCUT2D eigenvalue weighted by atomic mass is 10.3. The summed E-state index contributed by atoms with van der Waals surface area (Å²) >= 11 is 2.98. The zero-order valence-electron chi connectivity index (χ0n) is 10.7. The van der Waals surface area contributed by atoms with Crippen molar-refractivity contribution in [2.45, 2.75) is 6.36 Å². The number of ether oxygens (including phenoxy) is 2. The lowest BCUT2D eigenvalue weighted by Gasteiger charge is -2.27. The van der Waals surface area contributed by atoms with Gasteiger partial charge in [0.2, 0.25) is 0 Å². The first-order chi connectivity index (χ1) is 9.85. The van der Waals surface area contributed by atoms with Crippen molar-refractivity contribution in [3.8, 4) is 5.75 Å². The van der Waals surface area contributed by atoms with E-state index < -0.39 is 6.36 Å². The van der Waals surface area contributed by atoms with E-state index in [9.17, 15) is 18.0 Å². The molecule has 0 radical (unpaired) electrons. The molecule has 116 valence electrons. The van der Waals surface area contributed by atoms with E-state index in [1.54, 1.807) is 4.90 Å². The molecule has 9 heteroatoms. The summed E-state index contributed by atoms with van der Waals surface area (Å²) in [6, 6.07) is 3.49. The quantitative estimate of drug-likeness (QED) is 0.871. The van der Waals surface area contributed by atoms with E-state index in [0.717, 1.165) is 6.07 Å². The number of urea groups is 1. The second kappa shape index (κ2) is 6.52. The van der Waals surface area contributed by atoms with E-state index in [4.69, 9.17) is 4.74 Å². The van der Waals surface area contributed by atoms with Gasteiger partial charge in [0.25, 0.3) is 0 Å². The van der Waals surface area contributed by atoms with Gasteiger partial charge in [-0.05, 0) is 34.1 Å². The van der Waals surface area contributed by atoms with Crippen molar-refractivity contribution < 1.29 is 27.4 Å². The van der Waals surface area contributed by atoms with E-state index in [1.807, 2.05) is 0 Å². The van der Waals surface area contributed by atoms with Crippen LogP contribution in [0.4, 0.5) is 23.7 Å². The molecular formula is C12H12BrF3N2O3. The molecule has 2 amide bonds. The number of benzene rings is 1. The topological polar surface area (TPSA) is 50.8 Å². The Bertz CT molecular complexity index is 519. The standard InChI is InChI=1S/C12H12BrF3N2O3/c13-9-7-8(1-2-10(9)21-12(14,15)16)17-11(19)18-3-5-20-6-4-18/h1-2,7H,3-6H2,(H,17,19). The third kappa shape index (κ3) is 4.78. The Labute approximate surface area is 127 Å². The minimum absolute atomic E-state index is 0.0969. The van der Waals surface area contributed by atoms with Crippen molar-refractivity contribution >= 4 is 27.6 Å². The Morgan fingerprint density at radius 3 is 2.57 bits per heavy atom. The number of rotatable bonds is 2. The molecule has 1 aliphatic rings. The Kier molecular flexibility index (Phi) is 4.94. The van der Waals surface area contributed by atoms with Gasteiger partial charge in [-0.1, -0.05) is 0 Å². The Morgan fingerprint density at radius 2 is 2.00 bits per heavy atom. The van der Waals surface area contributed by atoms with Gasteiger partial charge in [-0.15, -0.1) is 13.2 Å². The molecule has 1 aliphatic heterocycles. The van der Waals surface area contributed by atoms with E-state index in [1.165, 1.54) is 12.1 Å². The van der Waals surface area contributed by atoms with Crippen LogP contribution >= 0.6 is 15.9 Å². The lowest BCUT2D eigenvalue weighted by Crippen LogP contribution is -2.43.